The van der Waals surface area contributed by atoms with E-state index in [1.807, 2.05) is 79.3 Å². The number of anilines is 1. The maximum absolute atomic E-state index is 8.35. The van der Waals surface area contributed by atoms with Crippen molar-refractivity contribution >= 4 is 51.2 Å². The summed E-state index contributed by atoms with van der Waals surface area (Å²) in [5.74, 6) is 1.99. The van der Waals surface area contributed by atoms with Gasteiger partial charge in [-0.25, -0.2) is 4.98 Å². The summed E-state index contributed by atoms with van der Waals surface area (Å²) in [4.78, 5) is 4.13. The molecule has 3 N–H and O–H groups in total. The smallest absolute Gasteiger partial charge is 0.202 e. The first kappa shape index (κ1) is 23.1. The summed E-state index contributed by atoms with van der Waals surface area (Å²) in [6, 6.07) is 18.9. The Kier molecular flexibility index (Phi) is 6.08. The molecule has 2 aromatic heterocycles. The zero-order valence-electron chi connectivity index (χ0n) is 19.2. The Morgan fingerprint density at radius 1 is 0.943 bits per heavy atom. The molecule has 8 nitrogen and oxygen atoms in total. The fourth-order valence-electron chi connectivity index (χ4n) is 4.24. The van der Waals surface area contributed by atoms with Crippen LogP contribution >= 0.6 is 23.2 Å². The van der Waals surface area contributed by atoms with Gasteiger partial charge in [0, 0.05) is 14.1 Å². The average Bonchev–Trinajstić information content (AvgIpc) is 3.28. The molecule has 0 aliphatic carbocycles. The van der Waals surface area contributed by atoms with E-state index in [1.165, 1.54) is 0 Å². The first-order valence-corrected chi connectivity index (χ1v) is 11.7. The molecule has 3 heterocycles. The van der Waals surface area contributed by atoms with Gasteiger partial charge in [-0.15, -0.1) is 0 Å². The van der Waals surface area contributed by atoms with Gasteiger partial charge >= 0.3 is 0 Å². The number of imidazole rings is 2. The largest absolute Gasteiger partial charge is 0.486 e. The molecule has 1 aliphatic heterocycles. The van der Waals surface area contributed by atoms with Crippen LogP contribution < -0.4 is 20.8 Å². The first-order chi connectivity index (χ1) is 16.8. The Balaban J connectivity index is 0.000000178. The highest BCUT2D eigenvalue weighted by molar-refractivity contribution is 6.35. The van der Waals surface area contributed by atoms with E-state index in [9.17, 15) is 0 Å². The summed E-state index contributed by atoms with van der Waals surface area (Å²) in [5, 5.41) is 9.68. The molecule has 180 valence electrons. The second-order valence-electron chi connectivity index (χ2n) is 8.23. The molecule has 1 aliphatic rings. The quantitative estimate of drug-likeness (QED) is 0.357. The molecular weight excluding hydrogens is 487 g/mol. The van der Waals surface area contributed by atoms with Crippen LogP contribution in [0.2, 0.25) is 10.0 Å². The highest BCUT2D eigenvalue weighted by Gasteiger charge is 2.23. The van der Waals surface area contributed by atoms with E-state index < -0.39 is 0 Å². The van der Waals surface area contributed by atoms with Crippen molar-refractivity contribution in [3.8, 4) is 11.5 Å². The molecule has 0 amide bonds. The van der Waals surface area contributed by atoms with Gasteiger partial charge in [-0.2, -0.15) is 0 Å². The number of aromatic nitrogens is 4. The summed E-state index contributed by atoms with van der Waals surface area (Å²) in [7, 11) is 3.69. The van der Waals surface area contributed by atoms with Crippen LogP contribution in [0.5, 0.6) is 11.5 Å². The van der Waals surface area contributed by atoms with Crippen molar-refractivity contribution in [1.29, 1.82) is 5.41 Å². The van der Waals surface area contributed by atoms with Gasteiger partial charge in [-0.05, 0) is 36.4 Å². The number of aryl methyl sites for hydroxylation is 2. The van der Waals surface area contributed by atoms with Crippen molar-refractivity contribution in [1.82, 2.24) is 18.7 Å². The summed E-state index contributed by atoms with van der Waals surface area (Å²) in [6.07, 6.45) is -0.149. The van der Waals surface area contributed by atoms with Gasteiger partial charge in [0.15, 0.2) is 17.6 Å². The molecule has 35 heavy (non-hydrogen) atoms. The van der Waals surface area contributed by atoms with Crippen LogP contribution in [-0.2, 0) is 20.6 Å². The fraction of sp³-hybridized carbons (Fsp3) is 0.200. The Labute approximate surface area is 211 Å². The van der Waals surface area contributed by atoms with Gasteiger partial charge < -0.3 is 28.9 Å². The van der Waals surface area contributed by atoms with Gasteiger partial charge in [0.2, 0.25) is 11.6 Å². The highest BCUT2D eigenvalue weighted by Crippen LogP contribution is 2.31. The number of nitrogen functional groups attached to an aromatic ring is 1. The lowest BCUT2D eigenvalue weighted by Crippen LogP contribution is -2.36. The van der Waals surface area contributed by atoms with E-state index in [0.717, 1.165) is 33.6 Å². The second-order valence-corrected chi connectivity index (χ2v) is 9.05. The van der Waals surface area contributed by atoms with Crippen LogP contribution in [0.25, 0.3) is 22.1 Å². The number of nitrogens with zero attached hydrogens (tertiary/aromatic N) is 4. The zero-order chi connectivity index (χ0) is 24.7. The molecule has 0 saturated heterocycles. The summed E-state index contributed by atoms with van der Waals surface area (Å²) in [6.45, 7) is 0.991. The van der Waals surface area contributed by atoms with E-state index >= 15 is 0 Å². The van der Waals surface area contributed by atoms with E-state index in [0.29, 0.717) is 34.8 Å². The first-order valence-electron chi connectivity index (χ1n) is 11.0. The number of hydrogen-bond acceptors (Lipinski definition) is 5. The van der Waals surface area contributed by atoms with Crippen molar-refractivity contribution < 1.29 is 9.47 Å². The predicted molar refractivity (Wildman–Crippen MR) is 138 cm³/mol. The number of nitrogens with two attached hydrogens (primary N) is 1. The molecule has 0 saturated carbocycles. The zero-order valence-corrected chi connectivity index (χ0v) is 20.7. The summed E-state index contributed by atoms with van der Waals surface area (Å²) < 4.78 is 17.2. The Hall–Kier alpha value is -3.62. The number of rotatable bonds is 2. The van der Waals surface area contributed by atoms with Gasteiger partial charge in [0.25, 0.3) is 0 Å². The van der Waals surface area contributed by atoms with Crippen LogP contribution in [0.4, 0.5) is 5.95 Å². The number of hydrogen-bond donors (Lipinski definition) is 2. The molecule has 10 heteroatoms. The highest BCUT2D eigenvalue weighted by atomic mass is 35.5. The van der Waals surface area contributed by atoms with Crippen molar-refractivity contribution in [2.75, 3.05) is 12.3 Å². The third kappa shape index (κ3) is 4.19. The minimum absolute atomic E-state index is 0.149. The molecule has 1 unspecified atom stereocenters. The molecule has 5 aromatic rings. The molecule has 0 fully saturated rings. The van der Waals surface area contributed by atoms with E-state index in [4.69, 9.17) is 43.8 Å². The molecule has 0 radical (unpaired) electrons. The molecule has 1 atom stereocenters. The van der Waals surface area contributed by atoms with Crippen molar-refractivity contribution in [3.05, 3.63) is 76.3 Å². The monoisotopic (exact) mass is 510 g/mol. The van der Waals surface area contributed by atoms with Crippen molar-refractivity contribution in [2.24, 2.45) is 14.1 Å². The Bertz CT molecular complexity index is 1600. The van der Waals surface area contributed by atoms with Crippen LogP contribution in [0.1, 0.15) is 0 Å². The van der Waals surface area contributed by atoms with Gasteiger partial charge in [-0.1, -0.05) is 47.5 Å². The van der Waals surface area contributed by atoms with Crippen molar-refractivity contribution in [3.63, 3.8) is 0 Å². The topological polar surface area (TPSA) is 96.0 Å². The number of ether oxygens (including phenoxy) is 2. The molecular formula is C25H24Cl2N6O2. The van der Waals surface area contributed by atoms with Gasteiger partial charge in [0.1, 0.15) is 6.61 Å². The van der Waals surface area contributed by atoms with Gasteiger partial charge in [-0.3, -0.25) is 5.41 Å². The third-order valence-electron chi connectivity index (χ3n) is 6.00. The summed E-state index contributed by atoms with van der Waals surface area (Å²) in [5.41, 5.74) is 9.50. The van der Waals surface area contributed by atoms with Crippen molar-refractivity contribution in [2.45, 2.75) is 12.6 Å². The molecule has 0 spiro atoms. The SMILES string of the molecule is Cn1c(=N)n(CC2COc3ccccc3O2)c2cccc(Cl)c21.Cn1c(N)nc2cccc(Cl)c21. The maximum atomic E-state index is 8.35. The maximum Gasteiger partial charge on any atom is 0.202 e. The van der Waals surface area contributed by atoms with E-state index in [2.05, 4.69) is 4.98 Å². The van der Waals surface area contributed by atoms with E-state index in [-0.39, 0.29) is 6.10 Å². The number of para-hydroxylation sites is 4. The lowest BCUT2D eigenvalue weighted by atomic mass is 10.2. The fourth-order valence-corrected chi connectivity index (χ4v) is 4.83. The minimum atomic E-state index is -0.149. The van der Waals surface area contributed by atoms with Crippen LogP contribution in [0, 0.1) is 5.41 Å². The average molecular weight is 511 g/mol. The number of fused-ring (bicyclic) bond motifs is 3. The number of halogens is 2. The van der Waals surface area contributed by atoms with Gasteiger partial charge in [0.05, 0.1) is 38.7 Å². The molecule has 6 rings (SSSR count). The van der Waals surface area contributed by atoms with Crippen LogP contribution in [-0.4, -0.2) is 31.4 Å². The second kappa shape index (κ2) is 9.20. The minimum Gasteiger partial charge on any atom is -0.486 e. The normalized spacial score (nSPS) is 14.7. The predicted octanol–water partition coefficient (Wildman–Crippen LogP) is 4.76. The van der Waals surface area contributed by atoms with E-state index in [1.54, 1.807) is 9.13 Å². The van der Waals surface area contributed by atoms with Crippen LogP contribution in [0.3, 0.4) is 0 Å². The molecule has 0 bridgehead atoms. The lowest BCUT2D eigenvalue weighted by molar-refractivity contribution is 0.0783. The lowest BCUT2D eigenvalue weighted by Gasteiger charge is -2.26. The third-order valence-corrected chi connectivity index (χ3v) is 6.61. The number of nitrogens with one attached hydrogen (secondary N) is 1. The Morgan fingerprint density at radius 2 is 1.63 bits per heavy atom. The Morgan fingerprint density at radius 3 is 2.37 bits per heavy atom. The summed E-state index contributed by atoms with van der Waals surface area (Å²) >= 11 is 12.2. The standard InChI is InChI=1S/C17H16ClN3O2.C8H8ClN3/c1-20-16-12(18)5-4-6-13(16)21(17(20)19)9-11-10-22-14-7-2-3-8-15(14)23-11;1-12-7-5(9)3-2-4-6(7)11-8(12)10/h2-8,11,19H,9-10H2,1H3;2-4H,1H3,(H2,10,11). The van der Waals surface area contributed by atoms with Crippen LogP contribution in [0.15, 0.2) is 60.7 Å². The number of benzene rings is 3. The molecule has 3 aromatic carbocycles.